The summed E-state index contributed by atoms with van der Waals surface area (Å²) in [6, 6.07) is 6.40. The molecule has 0 spiro atoms. The summed E-state index contributed by atoms with van der Waals surface area (Å²) < 4.78 is 41.3. The minimum absolute atomic E-state index is 0.0289. The van der Waals surface area contributed by atoms with E-state index in [-0.39, 0.29) is 10.2 Å². The molecule has 116 valence electrons. The summed E-state index contributed by atoms with van der Waals surface area (Å²) >= 11 is 1.03. The molecule has 0 amide bonds. The maximum atomic E-state index is 13.9. The highest BCUT2D eigenvalue weighted by Crippen LogP contribution is 2.39. The van der Waals surface area contributed by atoms with Crippen molar-refractivity contribution in [3.8, 4) is 10.6 Å². The smallest absolute Gasteiger partial charge is 0.186 e. The second kappa shape index (κ2) is 4.83. The molecule has 6 heteroatoms. The van der Waals surface area contributed by atoms with Gasteiger partial charge in [-0.25, -0.2) is 18.2 Å². The van der Waals surface area contributed by atoms with Crippen LogP contribution in [0.15, 0.2) is 24.3 Å². The number of halogens is 3. The summed E-state index contributed by atoms with van der Waals surface area (Å²) in [6.07, 6.45) is 0. The van der Waals surface area contributed by atoms with Crippen molar-refractivity contribution in [2.45, 2.75) is 13.8 Å². The molecule has 0 aliphatic carbocycles. The molecule has 0 unspecified atom stereocenters. The molecule has 2 aromatic heterocycles. The zero-order chi connectivity index (χ0) is 16.3. The van der Waals surface area contributed by atoms with Crippen molar-refractivity contribution in [1.82, 2.24) is 9.97 Å². The molecule has 0 atom stereocenters. The van der Waals surface area contributed by atoms with Crippen LogP contribution in [-0.2, 0) is 0 Å². The molecular formula is C17H11F3N2S. The van der Waals surface area contributed by atoms with Gasteiger partial charge in [0, 0.05) is 28.2 Å². The molecule has 0 bridgehead atoms. The zero-order valence-corrected chi connectivity index (χ0v) is 13.1. The van der Waals surface area contributed by atoms with Gasteiger partial charge < -0.3 is 4.98 Å². The molecule has 0 aliphatic rings. The first-order valence-electron chi connectivity index (χ1n) is 6.99. The van der Waals surface area contributed by atoms with Crippen LogP contribution in [-0.4, -0.2) is 9.97 Å². The zero-order valence-electron chi connectivity index (χ0n) is 12.3. The van der Waals surface area contributed by atoms with Crippen LogP contribution in [0.2, 0.25) is 0 Å². The van der Waals surface area contributed by atoms with Gasteiger partial charge in [0.1, 0.15) is 16.3 Å². The summed E-state index contributed by atoms with van der Waals surface area (Å²) in [6.45, 7) is 3.85. The highest BCUT2D eigenvalue weighted by Gasteiger charge is 2.21. The number of nitrogens with zero attached hydrogens (tertiary/aromatic N) is 1. The van der Waals surface area contributed by atoms with Gasteiger partial charge >= 0.3 is 0 Å². The average molecular weight is 332 g/mol. The largest absolute Gasteiger partial charge is 0.358 e. The highest BCUT2D eigenvalue weighted by atomic mass is 32.1. The van der Waals surface area contributed by atoms with Gasteiger partial charge in [-0.05, 0) is 25.5 Å². The molecule has 4 rings (SSSR count). The van der Waals surface area contributed by atoms with Crippen molar-refractivity contribution in [1.29, 1.82) is 0 Å². The summed E-state index contributed by atoms with van der Waals surface area (Å²) in [5.74, 6) is -3.13. The predicted molar refractivity (Wildman–Crippen MR) is 86.3 cm³/mol. The van der Waals surface area contributed by atoms with E-state index in [9.17, 15) is 13.2 Å². The summed E-state index contributed by atoms with van der Waals surface area (Å²) in [7, 11) is 0. The van der Waals surface area contributed by atoms with Gasteiger partial charge in [-0.1, -0.05) is 12.1 Å². The van der Waals surface area contributed by atoms with Crippen molar-refractivity contribution in [2.75, 3.05) is 0 Å². The number of aryl methyl sites for hydroxylation is 2. The van der Waals surface area contributed by atoms with Gasteiger partial charge in [0.2, 0.25) is 0 Å². The third kappa shape index (κ3) is 1.98. The van der Waals surface area contributed by atoms with E-state index in [1.165, 1.54) is 0 Å². The number of nitrogens with one attached hydrogen (secondary N) is 1. The molecule has 23 heavy (non-hydrogen) atoms. The van der Waals surface area contributed by atoms with Gasteiger partial charge in [-0.15, -0.1) is 11.3 Å². The van der Waals surface area contributed by atoms with Crippen LogP contribution in [0.25, 0.3) is 31.7 Å². The van der Waals surface area contributed by atoms with E-state index in [4.69, 9.17) is 0 Å². The van der Waals surface area contributed by atoms with Crippen LogP contribution in [0.4, 0.5) is 13.2 Å². The number of aromatic nitrogens is 2. The molecule has 0 saturated carbocycles. The fourth-order valence-electron chi connectivity index (χ4n) is 2.91. The number of aromatic amines is 1. The number of benzene rings is 2. The molecule has 1 N–H and O–H groups in total. The van der Waals surface area contributed by atoms with E-state index in [0.29, 0.717) is 11.1 Å². The lowest BCUT2D eigenvalue weighted by atomic mass is 10.1. The fraction of sp³-hybridized carbons (Fsp3) is 0.118. The Balaban J connectivity index is 2.10. The van der Waals surface area contributed by atoms with E-state index in [1.54, 1.807) is 0 Å². The van der Waals surface area contributed by atoms with Crippen molar-refractivity contribution < 1.29 is 13.2 Å². The van der Waals surface area contributed by atoms with Crippen molar-refractivity contribution in [3.63, 3.8) is 0 Å². The van der Waals surface area contributed by atoms with Gasteiger partial charge in [-0.2, -0.15) is 0 Å². The third-order valence-electron chi connectivity index (χ3n) is 3.95. The molecule has 2 aromatic carbocycles. The SMILES string of the molecule is Cc1[nH]c2cccc(C)c2c1-c1nc2c(F)c(F)cc(F)c2s1. The molecule has 0 aliphatic heterocycles. The minimum atomic E-state index is -1.22. The molecule has 0 radical (unpaired) electrons. The van der Waals surface area contributed by atoms with Crippen LogP contribution in [0.1, 0.15) is 11.3 Å². The Morgan fingerprint density at radius 1 is 1.09 bits per heavy atom. The van der Waals surface area contributed by atoms with E-state index in [0.717, 1.165) is 39.1 Å². The molecule has 0 fully saturated rings. The Bertz CT molecular complexity index is 1080. The lowest BCUT2D eigenvalue weighted by Gasteiger charge is -1.99. The fourth-order valence-corrected chi connectivity index (χ4v) is 3.99. The molecule has 2 nitrogen and oxygen atoms in total. The first-order valence-corrected chi connectivity index (χ1v) is 7.81. The van der Waals surface area contributed by atoms with Gasteiger partial charge in [0.15, 0.2) is 11.6 Å². The van der Waals surface area contributed by atoms with E-state index in [1.807, 2.05) is 32.0 Å². The van der Waals surface area contributed by atoms with Crippen LogP contribution in [0.5, 0.6) is 0 Å². The Labute approximate surface area is 133 Å². The molecule has 2 heterocycles. The van der Waals surface area contributed by atoms with E-state index in [2.05, 4.69) is 9.97 Å². The number of hydrogen-bond acceptors (Lipinski definition) is 2. The van der Waals surface area contributed by atoms with Crippen molar-refractivity contribution in [3.05, 3.63) is 53.0 Å². The highest BCUT2D eigenvalue weighted by molar-refractivity contribution is 7.21. The summed E-state index contributed by atoms with van der Waals surface area (Å²) in [5, 5.41) is 1.44. The van der Waals surface area contributed by atoms with E-state index >= 15 is 0 Å². The van der Waals surface area contributed by atoms with Crippen LogP contribution < -0.4 is 0 Å². The number of thiazole rings is 1. The van der Waals surface area contributed by atoms with Crippen LogP contribution in [0.3, 0.4) is 0 Å². The first-order chi connectivity index (χ1) is 11.0. The van der Waals surface area contributed by atoms with Crippen molar-refractivity contribution >= 4 is 32.5 Å². The maximum Gasteiger partial charge on any atom is 0.186 e. The molecule has 4 aromatic rings. The molecular weight excluding hydrogens is 321 g/mol. The van der Waals surface area contributed by atoms with E-state index < -0.39 is 17.5 Å². The van der Waals surface area contributed by atoms with Crippen LogP contribution >= 0.6 is 11.3 Å². The van der Waals surface area contributed by atoms with Crippen LogP contribution in [0, 0.1) is 31.3 Å². The standard InChI is InChI=1S/C17H11F3N2S/c1-7-4-3-5-11-12(7)13(8(2)21-11)17-22-15-14(20)9(18)6-10(19)16(15)23-17/h3-6,21H,1-2H3. The number of fused-ring (bicyclic) bond motifs is 2. The molecule has 0 saturated heterocycles. The summed E-state index contributed by atoms with van der Waals surface area (Å²) in [4.78, 5) is 7.43. The topological polar surface area (TPSA) is 28.7 Å². The van der Waals surface area contributed by atoms with Gasteiger partial charge in [0.05, 0.1) is 4.70 Å². The summed E-state index contributed by atoms with van der Waals surface area (Å²) in [5.41, 5.74) is 3.37. The Hall–Kier alpha value is -2.34. The maximum absolute atomic E-state index is 13.9. The average Bonchev–Trinajstić information content (AvgIpc) is 3.06. The van der Waals surface area contributed by atoms with Gasteiger partial charge in [0.25, 0.3) is 0 Å². The third-order valence-corrected chi connectivity index (χ3v) is 5.03. The normalized spacial score (nSPS) is 11.7. The second-order valence-electron chi connectivity index (χ2n) is 5.47. The predicted octanol–water partition coefficient (Wildman–Crippen LogP) is 5.48. The Kier molecular flexibility index (Phi) is 2.99. The second-order valence-corrected chi connectivity index (χ2v) is 6.47. The number of hydrogen-bond donors (Lipinski definition) is 1. The number of rotatable bonds is 1. The van der Waals surface area contributed by atoms with Crippen molar-refractivity contribution in [2.24, 2.45) is 0 Å². The quantitative estimate of drug-likeness (QED) is 0.459. The number of H-pyrrole nitrogens is 1. The lowest BCUT2D eigenvalue weighted by Crippen LogP contribution is -1.88. The first kappa shape index (κ1) is 14.3. The Morgan fingerprint density at radius 3 is 2.65 bits per heavy atom. The Morgan fingerprint density at radius 2 is 1.87 bits per heavy atom. The minimum Gasteiger partial charge on any atom is -0.358 e. The monoisotopic (exact) mass is 332 g/mol. The van der Waals surface area contributed by atoms with Gasteiger partial charge in [-0.3, -0.25) is 0 Å². The lowest BCUT2D eigenvalue weighted by molar-refractivity contribution is 0.505.